The molecule has 0 aromatic carbocycles. The molecule has 0 radical (unpaired) electrons. The first-order valence-corrected chi connectivity index (χ1v) is 7.27. The maximum atomic E-state index is 11.7. The summed E-state index contributed by atoms with van der Waals surface area (Å²) in [6, 6.07) is 0. The zero-order chi connectivity index (χ0) is 14.6. The average Bonchev–Trinajstić information content (AvgIpc) is 2.54. The summed E-state index contributed by atoms with van der Waals surface area (Å²) in [6.07, 6.45) is 0. The number of hydrogen-bond donors (Lipinski definition) is 2. The van der Waals surface area contributed by atoms with E-state index in [1.807, 2.05) is 32.4 Å². The lowest BCUT2D eigenvalue weighted by Crippen LogP contribution is -2.44. The maximum absolute atomic E-state index is 11.7. The smallest absolute Gasteiger partial charge is 0.234 e. The molecule has 108 valence electrons. The Morgan fingerprint density at radius 1 is 1.42 bits per heavy atom. The predicted octanol–water partition coefficient (Wildman–Crippen LogP) is 1.98. The Hall–Kier alpha value is -0.880. The fourth-order valence-corrected chi connectivity index (χ4v) is 2.22. The van der Waals surface area contributed by atoms with Gasteiger partial charge in [-0.15, -0.1) is 0 Å². The Morgan fingerprint density at radius 2 is 2.05 bits per heavy atom. The van der Waals surface area contributed by atoms with E-state index in [1.165, 1.54) is 0 Å². The second kappa shape index (κ2) is 6.52. The Morgan fingerprint density at radius 3 is 2.58 bits per heavy atom. The van der Waals surface area contributed by atoms with E-state index in [0.717, 1.165) is 22.4 Å². The quantitative estimate of drug-likeness (QED) is 0.867. The Bertz CT molecular complexity index is 448. The second-order valence-electron chi connectivity index (χ2n) is 5.56. The summed E-state index contributed by atoms with van der Waals surface area (Å²) in [5.41, 5.74) is 1.85. The molecule has 0 atom stereocenters. The van der Waals surface area contributed by atoms with Crippen molar-refractivity contribution >= 4 is 21.8 Å². The minimum atomic E-state index is -0.193. The fourth-order valence-electron chi connectivity index (χ4n) is 1.79. The van der Waals surface area contributed by atoms with Crippen LogP contribution in [0.1, 0.15) is 39.1 Å². The molecule has 1 amide bonds. The zero-order valence-electron chi connectivity index (χ0n) is 12.3. The number of aryl methyl sites for hydroxylation is 2. The fraction of sp³-hybridized carbons (Fsp3) is 0.692. The molecule has 1 heterocycles. The molecular weight excluding hydrogens is 308 g/mol. The van der Waals surface area contributed by atoms with Gasteiger partial charge in [0.25, 0.3) is 0 Å². The topological polar surface area (TPSA) is 59.0 Å². The van der Waals surface area contributed by atoms with Crippen molar-refractivity contribution in [2.45, 2.75) is 53.2 Å². The van der Waals surface area contributed by atoms with Crippen molar-refractivity contribution in [2.75, 3.05) is 6.54 Å². The number of hydrogen-bond acceptors (Lipinski definition) is 3. The lowest BCUT2D eigenvalue weighted by molar-refractivity contribution is -0.121. The van der Waals surface area contributed by atoms with Crippen molar-refractivity contribution in [1.29, 1.82) is 0 Å². The molecule has 6 heteroatoms. The third-order valence-electron chi connectivity index (χ3n) is 2.55. The largest absolute Gasteiger partial charge is 0.350 e. The van der Waals surface area contributed by atoms with Crippen LogP contribution in [0.4, 0.5) is 0 Å². The molecule has 0 spiro atoms. The van der Waals surface area contributed by atoms with Crippen molar-refractivity contribution in [3.63, 3.8) is 0 Å². The highest BCUT2D eigenvalue weighted by atomic mass is 79.9. The standard InChI is InChI=1S/C13H23BrN4O/c1-6-18-10(12(14)9(2)17-18)7-15-8-11(19)16-13(3,4)5/h15H,6-8H2,1-5H3,(H,16,19). The van der Waals surface area contributed by atoms with E-state index in [0.29, 0.717) is 13.1 Å². The summed E-state index contributed by atoms with van der Waals surface area (Å²) >= 11 is 3.53. The van der Waals surface area contributed by atoms with Crippen LogP contribution in [0.2, 0.25) is 0 Å². The van der Waals surface area contributed by atoms with E-state index < -0.39 is 0 Å². The predicted molar refractivity (Wildman–Crippen MR) is 79.9 cm³/mol. The van der Waals surface area contributed by atoms with Crippen LogP contribution >= 0.6 is 15.9 Å². The van der Waals surface area contributed by atoms with Crippen LogP contribution < -0.4 is 10.6 Å². The van der Waals surface area contributed by atoms with Crippen molar-refractivity contribution in [1.82, 2.24) is 20.4 Å². The molecule has 0 aliphatic rings. The molecule has 1 aromatic heterocycles. The van der Waals surface area contributed by atoms with Crippen LogP contribution in [-0.2, 0) is 17.9 Å². The van der Waals surface area contributed by atoms with Crippen LogP contribution in [0.25, 0.3) is 0 Å². The van der Waals surface area contributed by atoms with Gasteiger partial charge in [0.1, 0.15) is 0 Å². The molecule has 19 heavy (non-hydrogen) atoms. The van der Waals surface area contributed by atoms with E-state index in [1.54, 1.807) is 0 Å². The zero-order valence-corrected chi connectivity index (χ0v) is 13.9. The molecule has 1 aromatic rings. The van der Waals surface area contributed by atoms with Gasteiger partial charge >= 0.3 is 0 Å². The molecule has 0 aliphatic heterocycles. The Balaban J connectivity index is 2.52. The lowest BCUT2D eigenvalue weighted by atomic mass is 10.1. The number of carbonyl (C=O) groups is 1. The van der Waals surface area contributed by atoms with Crippen LogP contribution in [0, 0.1) is 6.92 Å². The van der Waals surface area contributed by atoms with Gasteiger partial charge in [-0.05, 0) is 50.5 Å². The summed E-state index contributed by atoms with van der Waals surface area (Å²) in [5, 5.41) is 10.5. The van der Waals surface area contributed by atoms with E-state index in [4.69, 9.17) is 0 Å². The van der Waals surface area contributed by atoms with Gasteiger partial charge < -0.3 is 10.6 Å². The molecule has 0 saturated carbocycles. The maximum Gasteiger partial charge on any atom is 0.234 e. The van der Waals surface area contributed by atoms with Gasteiger partial charge in [0.15, 0.2) is 0 Å². The van der Waals surface area contributed by atoms with Gasteiger partial charge in [0.2, 0.25) is 5.91 Å². The monoisotopic (exact) mass is 330 g/mol. The molecule has 0 bridgehead atoms. The SMILES string of the molecule is CCn1nc(C)c(Br)c1CNCC(=O)NC(C)(C)C. The Labute approximate surface area is 123 Å². The first kappa shape index (κ1) is 16.2. The van der Waals surface area contributed by atoms with E-state index in [-0.39, 0.29) is 11.4 Å². The first-order valence-electron chi connectivity index (χ1n) is 6.48. The summed E-state index contributed by atoms with van der Waals surface area (Å²) in [7, 11) is 0. The van der Waals surface area contributed by atoms with Crippen molar-refractivity contribution in [2.24, 2.45) is 0 Å². The van der Waals surface area contributed by atoms with Crippen LogP contribution in [-0.4, -0.2) is 27.8 Å². The molecule has 5 nitrogen and oxygen atoms in total. The number of halogens is 1. The number of carbonyl (C=O) groups excluding carboxylic acids is 1. The average molecular weight is 331 g/mol. The van der Waals surface area contributed by atoms with Gasteiger partial charge in [0.05, 0.1) is 22.4 Å². The van der Waals surface area contributed by atoms with Gasteiger partial charge in [-0.1, -0.05) is 0 Å². The van der Waals surface area contributed by atoms with Crippen LogP contribution in [0.15, 0.2) is 4.47 Å². The highest BCUT2D eigenvalue weighted by Gasteiger charge is 2.15. The van der Waals surface area contributed by atoms with Crippen molar-refractivity contribution < 1.29 is 4.79 Å². The number of nitrogens with one attached hydrogen (secondary N) is 2. The van der Waals surface area contributed by atoms with E-state index in [2.05, 4.69) is 38.6 Å². The molecule has 0 saturated heterocycles. The number of amides is 1. The van der Waals surface area contributed by atoms with Crippen molar-refractivity contribution in [3.8, 4) is 0 Å². The third-order valence-corrected chi connectivity index (χ3v) is 3.58. The van der Waals surface area contributed by atoms with Crippen LogP contribution in [0.5, 0.6) is 0 Å². The summed E-state index contributed by atoms with van der Waals surface area (Å²) in [6.45, 7) is 11.7. The van der Waals surface area contributed by atoms with Gasteiger partial charge in [-0.25, -0.2) is 0 Å². The second-order valence-corrected chi connectivity index (χ2v) is 6.36. The highest BCUT2D eigenvalue weighted by Crippen LogP contribution is 2.20. The summed E-state index contributed by atoms with van der Waals surface area (Å²) in [5.74, 6) is 0.00269. The van der Waals surface area contributed by atoms with Gasteiger partial charge in [0, 0.05) is 18.6 Å². The number of aromatic nitrogens is 2. The molecule has 0 fully saturated rings. The third kappa shape index (κ3) is 4.95. The molecule has 0 unspecified atom stereocenters. The van der Waals surface area contributed by atoms with E-state index >= 15 is 0 Å². The van der Waals surface area contributed by atoms with Crippen molar-refractivity contribution in [3.05, 3.63) is 15.9 Å². The van der Waals surface area contributed by atoms with Gasteiger partial charge in [-0.3, -0.25) is 9.48 Å². The highest BCUT2D eigenvalue weighted by molar-refractivity contribution is 9.10. The normalized spacial score (nSPS) is 11.7. The molecular formula is C13H23BrN4O. The summed E-state index contributed by atoms with van der Waals surface area (Å²) < 4.78 is 2.95. The molecule has 0 aliphatic carbocycles. The van der Waals surface area contributed by atoms with Crippen LogP contribution in [0.3, 0.4) is 0 Å². The molecule has 1 rings (SSSR count). The Kier molecular flexibility index (Phi) is 5.55. The first-order chi connectivity index (χ1) is 8.74. The lowest BCUT2D eigenvalue weighted by Gasteiger charge is -2.20. The van der Waals surface area contributed by atoms with Gasteiger partial charge in [-0.2, -0.15) is 5.10 Å². The summed E-state index contributed by atoms with van der Waals surface area (Å²) in [4.78, 5) is 11.7. The number of nitrogens with zero attached hydrogens (tertiary/aromatic N) is 2. The number of rotatable bonds is 5. The minimum Gasteiger partial charge on any atom is -0.350 e. The minimum absolute atomic E-state index is 0.00269. The molecule has 2 N–H and O–H groups in total. The van der Waals surface area contributed by atoms with E-state index in [9.17, 15) is 4.79 Å².